The van der Waals surface area contributed by atoms with Crippen LogP contribution < -0.4 is 0 Å². The summed E-state index contributed by atoms with van der Waals surface area (Å²) in [4.78, 5) is 10.5. The molecular weight excluding hydrogens is 170 g/mol. The highest BCUT2D eigenvalue weighted by atomic mass is 16.4. The van der Waals surface area contributed by atoms with Crippen LogP contribution in [0.4, 0.5) is 0 Å². The van der Waals surface area contributed by atoms with E-state index in [1.54, 1.807) is 10.9 Å². The molecule has 70 valence electrons. The standard InChI is InChI=1S/C8H11N3O2/c12-8(13)4-6-2-1-3-11-7(6)5-9-10-11/h5-6H,1-4H2,(H,12,13). The van der Waals surface area contributed by atoms with Gasteiger partial charge in [0.15, 0.2) is 0 Å². The number of hydrogen-bond acceptors (Lipinski definition) is 3. The molecule has 1 unspecified atom stereocenters. The van der Waals surface area contributed by atoms with Crippen molar-refractivity contribution < 1.29 is 9.90 Å². The molecule has 0 amide bonds. The van der Waals surface area contributed by atoms with Crippen LogP contribution in [0.5, 0.6) is 0 Å². The second-order valence-electron chi connectivity index (χ2n) is 3.32. The third-order valence-corrected chi connectivity index (χ3v) is 2.41. The molecule has 2 rings (SSSR count). The molecule has 0 aromatic carbocycles. The quantitative estimate of drug-likeness (QED) is 0.726. The second-order valence-corrected chi connectivity index (χ2v) is 3.32. The molecular formula is C8H11N3O2. The van der Waals surface area contributed by atoms with Crippen LogP contribution in [0.3, 0.4) is 0 Å². The Morgan fingerprint density at radius 3 is 3.38 bits per heavy atom. The number of aliphatic carboxylic acids is 1. The molecule has 0 fully saturated rings. The second kappa shape index (κ2) is 3.16. The molecule has 1 aromatic heterocycles. The van der Waals surface area contributed by atoms with Crippen molar-refractivity contribution in [3.8, 4) is 0 Å². The first kappa shape index (κ1) is 8.22. The number of carboxylic acid groups (broad SMARTS) is 1. The molecule has 13 heavy (non-hydrogen) atoms. The van der Waals surface area contributed by atoms with Crippen LogP contribution in [0.15, 0.2) is 6.20 Å². The van der Waals surface area contributed by atoms with Gasteiger partial charge in [0, 0.05) is 12.5 Å². The summed E-state index contributed by atoms with van der Waals surface area (Å²) < 4.78 is 1.80. The Morgan fingerprint density at radius 1 is 1.77 bits per heavy atom. The summed E-state index contributed by atoms with van der Waals surface area (Å²) in [7, 11) is 0. The van der Waals surface area contributed by atoms with Gasteiger partial charge in [0.1, 0.15) is 0 Å². The average Bonchev–Trinajstić information content (AvgIpc) is 2.51. The van der Waals surface area contributed by atoms with Gasteiger partial charge < -0.3 is 5.11 Å². The van der Waals surface area contributed by atoms with E-state index in [9.17, 15) is 4.79 Å². The van der Waals surface area contributed by atoms with Gasteiger partial charge in [-0.15, -0.1) is 5.10 Å². The first-order valence-electron chi connectivity index (χ1n) is 4.37. The Kier molecular flexibility index (Phi) is 2.00. The summed E-state index contributed by atoms with van der Waals surface area (Å²) in [5.74, 6) is -0.652. The Labute approximate surface area is 75.4 Å². The van der Waals surface area contributed by atoms with Gasteiger partial charge in [-0.3, -0.25) is 4.79 Å². The van der Waals surface area contributed by atoms with Crippen LogP contribution in [-0.2, 0) is 11.3 Å². The maximum absolute atomic E-state index is 10.5. The summed E-state index contributed by atoms with van der Waals surface area (Å²) in [6.45, 7) is 0.867. The summed E-state index contributed by atoms with van der Waals surface area (Å²) in [5, 5.41) is 16.3. The molecule has 1 atom stereocenters. The lowest BCUT2D eigenvalue weighted by molar-refractivity contribution is -0.137. The normalized spacial score (nSPS) is 21.1. The summed E-state index contributed by atoms with van der Waals surface area (Å²) >= 11 is 0. The van der Waals surface area contributed by atoms with E-state index in [1.165, 1.54) is 0 Å². The maximum atomic E-state index is 10.5. The van der Waals surface area contributed by atoms with Gasteiger partial charge in [-0.05, 0) is 12.8 Å². The van der Waals surface area contributed by atoms with Crippen molar-refractivity contribution in [1.29, 1.82) is 0 Å². The number of fused-ring (bicyclic) bond motifs is 1. The fraction of sp³-hybridized carbons (Fsp3) is 0.625. The van der Waals surface area contributed by atoms with Crippen molar-refractivity contribution in [3.05, 3.63) is 11.9 Å². The van der Waals surface area contributed by atoms with Crippen LogP contribution in [-0.4, -0.2) is 26.1 Å². The van der Waals surface area contributed by atoms with Gasteiger partial charge in [0.2, 0.25) is 0 Å². The number of rotatable bonds is 2. The average molecular weight is 181 g/mol. The lowest BCUT2D eigenvalue weighted by atomic mass is 9.93. The van der Waals surface area contributed by atoms with Crippen molar-refractivity contribution in [1.82, 2.24) is 15.0 Å². The minimum absolute atomic E-state index is 0.0984. The molecule has 0 saturated heterocycles. The number of aromatic nitrogens is 3. The minimum atomic E-state index is -0.750. The Balaban J connectivity index is 2.20. The number of nitrogens with zero attached hydrogens (tertiary/aromatic N) is 3. The van der Waals surface area contributed by atoms with Crippen molar-refractivity contribution in [2.45, 2.75) is 31.7 Å². The fourth-order valence-electron chi connectivity index (χ4n) is 1.81. The van der Waals surface area contributed by atoms with Crippen LogP contribution in [0.2, 0.25) is 0 Å². The number of aryl methyl sites for hydroxylation is 1. The van der Waals surface area contributed by atoms with Crippen LogP contribution in [0.1, 0.15) is 30.9 Å². The first-order valence-corrected chi connectivity index (χ1v) is 4.37. The molecule has 0 saturated carbocycles. The molecule has 1 aromatic rings. The molecule has 1 aliphatic heterocycles. The van der Waals surface area contributed by atoms with Crippen molar-refractivity contribution in [3.63, 3.8) is 0 Å². The number of carboxylic acids is 1. The molecule has 0 bridgehead atoms. The highest BCUT2D eigenvalue weighted by Gasteiger charge is 2.23. The van der Waals surface area contributed by atoms with E-state index in [0.29, 0.717) is 0 Å². The number of hydrogen-bond donors (Lipinski definition) is 1. The van der Waals surface area contributed by atoms with Gasteiger partial charge in [0.05, 0.1) is 18.3 Å². The van der Waals surface area contributed by atoms with Gasteiger partial charge in [-0.2, -0.15) is 0 Å². The smallest absolute Gasteiger partial charge is 0.304 e. The Bertz CT molecular complexity index is 321. The van der Waals surface area contributed by atoms with E-state index in [1.807, 2.05) is 0 Å². The van der Waals surface area contributed by atoms with E-state index < -0.39 is 5.97 Å². The first-order chi connectivity index (χ1) is 6.27. The highest BCUT2D eigenvalue weighted by Crippen LogP contribution is 2.28. The monoisotopic (exact) mass is 181 g/mol. The zero-order valence-electron chi connectivity index (χ0n) is 7.18. The highest BCUT2D eigenvalue weighted by molar-refractivity contribution is 5.67. The lowest BCUT2D eigenvalue weighted by Gasteiger charge is -2.20. The Hall–Kier alpha value is -1.39. The van der Waals surface area contributed by atoms with E-state index in [4.69, 9.17) is 5.11 Å². The summed E-state index contributed by atoms with van der Waals surface area (Å²) in [6.07, 6.45) is 3.79. The fourth-order valence-corrected chi connectivity index (χ4v) is 1.81. The topological polar surface area (TPSA) is 68.0 Å². The molecule has 5 heteroatoms. The van der Waals surface area contributed by atoms with Gasteiger partial charge in [0.25, 0.3) is 0 Å². The Morgan fingerprint density at radius 2 is 2.62 bits per heavy atom. The third-order valence-electron chi connectivity index (χ3n) is 2.41. The zero-order valence-corrected chi connectivity index (χ0v) is 7.18. The van der Waals surface area contributed by atoms with E-state index >= 15 is 0 Å². The van der Waals surface area contributed by atoms with Crippen molar-refractivity contribution >= 4 is 5.97 Å². The molecule has 1 N–H and O–H groups in total. The van der Waals surface area contributed by atoms with Gasteiger partial charge in [-0.25, -0.2) is 4.68 Å². The van der Waals surface area contributed by atoms with Crippen LogP contribution in [0, 0.1) is 0 Å². The van der Waals surface area contributed by atoms with Crippen LogP contribution in [0.25, 0.3) is 0 Å². The summed E-state index contributed by atoms with van der Waals surface area (Å²) in [6, 6.07) is 0. The lowest BCUT2D eigenvalue weighted by Crippen LogP contribution is -2.18. The largest absolute Gasteiger partial charge is 0.481 e. The molecule has 2 heterocycles. The molecule has 1 aliphatic rings. The summed E-state index contributed by atoms with van der Waals surface area (Å²) in [5.41, 5.74) is 0.966. The van der Waals surface area contributed by atoms with E-state index in [-0.39, 0.29) is 12.3 Å². The van der Waals surface area contributed by atoms with Crippen molar-refractivity contribution in [2.24, 2.45) is 0 Å². The molecule has 5 nitrogen and oxygen atoms in total. The number of carbonyl (C=O) groups is 1. The van der Waals surface area contributed by atoms with Crippen molar-refractivity contribution in [2.75, 3.05) is 0 Å². The maximum Gasteiger partial charge on any atom is 0.304 e. The minimum Gasteiger partial charge on any atom is -0.481 e. The molecule has 0 aliphatic carbocycles. The predicted molar refractivity (Wildman–Crippen MR) is 44.2 cm³/mol. The molecule has 0 radical (unpaired) electrons. The molecule has 0 spiro atoms. The SMILES string of the molecule is O=C(O)CC1CCCn2nncc21. The van der Waals surface area contributed by atoms with E-state index in [0.717, 1.165) is 25.1 Å². The van der Waals surface area contributed by atoms with E-state index in [2.05, 4.69) is 10.3 Å². The van der Waals surface area contributed by atoms with Crippen LogP contribution >= 0.6 is 0 Å². The third kappa shape index (κ3) is 1.54. The predicted octanol–water partition coefficient (Wildman–Crippen LogP) is 0.630. The van der Waals surface area contributed by atoms with Gasteiger partial charge in [-0.1, -0.05) is 5.21 Å². The zero-order chi connectivity index (χ0) is 9.26. The van der Waals surface area contributed by atoms with Gasteiger partial charge >= 0.3 is 5.97 Å².